The van der Waals surface area contributed by atoms with Crippen LogP contribution in [0, 0.1) is 46.2 Å². The van der Waals surface area contributed by atoms with E-state index in [2.05, 4.69) is 9.98 Å². The van der Waals surface area contributed by atoms with Crippen LogP contribution in [-0.4, -0.2) is 0 Å². The molecule has 1 atom stereocenters. The zero-order valence-electron chi connectivity index (χ0n) is 22.5. The Bertz CT molecular complexity index is 2380. The maximum absolute atomic E-state index is 14.1. The van der Waals surface area contributed by atoms with Crippen LogP contribution in [0.25, 0.3) is 49.5 Å². The summed E-state index contributed by atoms with van der Waals surface area (Å²) in [5.74, 6) is -2.74. The third-order valence-corrected chi connectivity index (χ3v) is 8.34. The number of nitrogens with zero attached hydrogens (tertiary/aromatic N) is 4. The molecule has 0 saturated carbocycles. The van der Waals surface area contributed by atoms with Crippen molar-refractivity contribution in [3.63, 3.8) is 0 Å². The first-order chi connectivity index (χ1) is 20.7. The fourth-order valence-electron chi connectivity index (χ4n) is 6.40. The van der Waals surface area contributed by atoms with Crippen molar-refractivity contribution in [1.29, 1.82) is 10.5 Å². The van der Waals surface area contributed by atoms with E-state index < -0.39 is 28.7 Å². The standard InChI is InChI=1S/C35H18F4N4/c1-35(20-9-23(38)12-24(39)10-20)5-4-26-28-14-30-27(13-31(28)34(43-17-41)32(26)15-35)25-3-2-18(8-29(25)33(30)42-16-40)19-6-21(36)11-22(37)7-19/h2-14H,15H2,1H3/b42-33+,43-34-. The summed E-state index contributed by atoms with van der Waals surface area (Å²) >= 11 is 0. The van der Waals surface area contributed by atoms with Gasteiger partial charge in [-0.2, -0.15) is 20.5 Å². The van der Waals surface area contributed by atoms with Gasteiger partial charge in [-0.15, -0.1) is 0 Å². The predicted molar refractivity (Wildman–Crippen MR) is 155 cm³/mol. The third-order valence-electron chi connectivity index (χ3n) is 8.34. The van der Waals surface area contributed by atoms with Crippen molar-refractivity contribution in [3.8, 4) is 23.5 Å². The van der Waals surface area contributed by atoms with Gasteiger partial charge in [0.2, 0.25) is 12.4 Å². The molecule has 1 aliphatic carbocycles. The molecule has 6 aromatic carbocycles. The molecule has 206 valence electrons. The van der Waals surface area contributed by atoms with E-state index in [1.165, 1.54) is 24.3 Å². The van der Waals surface area contributed by atoms with Crippen LogP contribution in [0.3, 0.4) is 0 Å². The Labute approximate surface area is 242 Å². The Kier molecular flexibility index (Phi) is 5.79. The van der Waals surface area contributed by atoms with E-state index >= 15 is 0 Å². The molecule has 0 heterocycles. The lowest BCUT2D eigenvalue weighted by Gasteiger charge is -2.30. The molecule has 0 amide bonds. The number of halogens is 4. The number of hydrogen-bond acceptors (Lipinski definition) is 4. The highest BCUT2D eigenvalue weighted by Crippen LogP contribution is 2.40. The maximum atomic E-state index is 14.1. The summed E-state index contributed by atoms with van der Waals surface area (Å²) in [6.45, 7) is 1.88. The van der Waals surface area contributed by atoms with E-state index in [-0.39, 0.29) is 0 Å². The number of fused-ring (bicyclic) bond motifs is 6. The molecule has 4 nitrogen and oxygen atoms in total. The number of allylic oxidation sites excluding steroid dienone is 1. The molecule has 0 aromatic heterocycles. The molecule has 1 unspecified atom stereocenters. The highest BCUT2D eigenvalue weighted by molar-refractivity contribution is 6.17. The molecular weight excluding hydrogens is 552 g/mol. The van der Waals surface area contributed by atoms with Gasteiger partial charge >= 0.3 is 0 Å². The molecule has 0 aliphatic heterocycles. The summed E-state index contributed by atoms with van der Waals surface area (Å²) in [5, 5.41) is 24.4. The van der Waals surface area contributed by atoms with Crippen LogP contribution in [-0.2, 0) is 11.8 Å². The van der Waals surface area contributed by atoms with Crippen molar-refractivity contribution in [3.05, 3.63) is 123 Å². The lowest BCUT2D eigenvalue weighted by Crippen LogP contribution is -2.28. The van der Waals surface area contributed by atoms with Crippen molar-refractivity contribution in [2.24, 2.45) is 9.98 Å². The lowest BCUT2D eigenvalue weighted by molar-refractivity contribution is 0.544. The highest BCUT2D eigenvalue weighted by Gasteiger charge is 2.32. The minimum atomic E-state index is -0.754. The smallest absolute Gasteiger partial charge is 0.206 e. The van der Waals surface area contributed by atoms with Crippen molar-refractivity contribution < 1.29 is 17.6 Å². The minimum Gasteiger partial charge on any atom is -0.207 e. The van der Waals surface area contributed by atoms with Gasteiger partial charge in [-0.05, 0) is 92.9 Å². The second-order valence-corrected chi connectivity index (χ2v) is 11.0. The van der Waals surface area contributed by atoms with E-state index in [4.69, 9.17) is 0 Å². The molecule has 0 N–H and O–H groups in total. The number of hydrogen-bond donors (Lipinski definition) is 0. The highest BCUT2D eigenvalue weighted by atomic mass is 19.1. The normalized spacial score (nSPS) is 17.1. The molecule has 0 bridgehead atoms. The fourth-order valence-corrected chi connectivity index (χ4v) is 6.40. The van der Waals surface area contributed by atoms with Crippen molar-refractivity contribution in [2.45, 2.75) is 18.8 Å². The molecule has 8 heteroatoms. The Morgan fingerprint density at radius 1 is 0.628 bits per heavy atom. The Balaban J connectivity index is 1.49. The van der Waals surface area contributed by atoms with Gasteiger partial charge in [-0.25, -0.2) is 17.6 Å². The van der Waals surface area contributed by atoms with Gasteiger partial charge in [0, 0.05) is 33.7 Å². The van der Waals surface area contributed by atoms with E-state index in [1.54, 1.807) is 12.1 Å². The van der Waals surface area contributed by atoms with E-state index in [1.807, 2.05) is 49.7 Å². The zero-order chi connectivity index (χ0) is 30.0. The second-order valence-electron chi connectivity index (χ2n) is 11.0. The predicted octanol–water partition coefficient (Wildman–Crippen LogP) is 7.54. The van der Waals surface area contributed by atoms with Gasteiger partial charge in [0.05, 0.1) is 10.7 Å². The number of rotatable bonds is 2. The molecule has 0 spiro atoms. The van der Waals surface area contributed by atoms with Crippen molar-refractivity contribution >= 4 is 38.4 Å². The topological polar surface area (TPSA) is 72.3 Å². The average molecular weight is 571 g/mol. The first kappa shape index (κ1) is 26.3. The molecule has 7 rings (SSSR count). The van der Waals surface area contributed by atoms with Gasteiger partial charge in [0.15, 0.2) is 0 Å². The molecule has 0 radical (unpaired) electrons. The van der Waals surface area contributed by atoms with Crippen LogP contribution in [0.1, 0.15) is 23.6 Å². The van der Waals surface area contributed by atoms with Gasteiger partial charge in [0.1, 0.15) is 23.3 Å². The largest absolute Gasteiger partial charge is 0.207 e. The SMILES string of the molecule is CC1(c2cc(F)cc(F)c2)C=Cc2c(/c(=N\C#N)c3cc4c(cc23)/c(=N/C#N)c2cc(-c3cc(F)cc(F)c3)ccc24)C1. The number of nitriles is 2. The van der Waals surface area contributed by atoms with Gasteiger partial charge in [-0.3, -0.25) is 0 Å². The Morgan fingerprint density at radius 2 is 1.21 bits per heavy atom. The maximum Gasteiger partial charge on any atom is 0.206 e. The summed E-state index contributed by atoms with van der Waals surface area (Å²) in [4.78, 5) is 8.31. The summed E-state index contributed by atoms with van der Waals surface area (Å²) in [5.41, 5.74) is 2.22. The summed E-state index contributed by atoms with van der Waals surface area (Å²) in [6.07, 6.45) is 7.91. The van der Waals surface area contributed by atoms with Gasteiger partial charge < -0.3 is 0 Å². The first-order valence-corrected chi connectivity index (χ1v) is 13.3. The molecule has 6 aromatic rings. The van der Waals surface area contributed by atoms with E-state index in [9.17, 15) is 28.1 Å². The molecule has 0 saturated heterocycles. The van der Waals surface area contributed by atoms with E-state index in [0.717, 1.165) is 39.4 Å². The summed E-state index contributed by atoms with van der Waals surface area (Å²) < 4.78 is 56.2. The Morgan fingerprint density at radius 3 is 1.88 bits per heavy atom. The molecule has 0 fully saturated rings. The second kappa shape index (κ2) is 9.47. The van der Waals surface area contributed by atoms with Crippen LogP contribution < -0.4 is 10.7 Å². The van der Waals surface area contributed by atoms with Crippen LogP contribution in [0.2, 0.25) is 0 Å². The zero-order valence-corrected chi connectivity index (χ0v) is 22.5. The first-order valence-electron chi connectivity index (χ1n) is 13.3. The van der Waals surface area contributed by atoms with Crippen LogP contribution >= 0.6 is 0 Å². The van der Waals surface area contributed by atoms with Crippen LogP contribution in [0.4, 0.5) is 17.6 Å². The van der Waals surface area contributed by atoms with Gasteiger partial charge in [0.25, 0.3) is 0 Å². The van der Waals surface area contributed by atoms with Crippen LogP contribution in [0.15, 0.2) is 82.8 Å². The fraction of sp³-hybridized carbons (Fsp3) is 0.0857. The van der Waals surface area contributed by atoms with Crippen LogP contribution in [0.5, 0.6) is 0 Å². The monoisotopic (exact) mass is 570 g/mol. The third kappa shape index (κ3) is 4.11. The average Bonchev–Trinajstić information content (AvgIpc) is 3.42. The number of benzene rings is 4. The molecular formula is C35H18F4N4. The van der Waals surface area contributed by atoms with Gasteiger partial charge in [-0.1, -0.05) is 31.2 Å². The van der Waals surface area contributed by atoms with E-state index in [0.29, 0.717) is 50.0 Å². The van der Waals surface area contributed by atoms with Crippen molar-refractivity contribution in [2.75, 3.05) is 0 Å². The lowest BCUT2D eigenvalue weighted by atomic mass is 9.73. The quantitative estimate of drug-likeness (QED) is 0.159. The minimum absolute atomic E-state index is 0.349. The molecule has 1 aliphatic rings. The summed E-state index contributed by atoms with van der Waals surface area (Å²) in [7, 11) is 0. The Hall–Kier alpha value is -5.60. The molecule has 43 heavy (non-hydrogen) atoms. The van der Waals surface area contributed by atoms with Crippen molar-refractivity contribution in [1.82, 2.24) is 0 Å². The summed E-state index contributed by atoms with van der Waals surface area (Å²) in [6, 6.07) is 15.9.